The van der Waals surface area contributed by atoms with Crippen LogP contribution in [-0.2, 0) is 32.7 Å². The number of phosphoric ester groups is 1. The molecule has 11 heteroatoms. The van der Waals surface area contributed by atoms with Crippen molar-refractivity contribution in [3.8, 4) is 0 Å². The average Bonchev–Trinajstić information content (AvgIpc) is 3.21. The largest absolute Gasteiger partial charge is 0.472 e. The minimum absolute atomic E-state index is 0.178. The molecule has 0 aromatic heterocycles. The molecule has 3 unspecified atom stereocenters. The molecule has 0 bridgehead atoms. The van der Waals surface area contributed by atoms with Crippen LogP contribution in [0.4, 0.5) is 0 Å². The van der Waals surface area contributed by atoms with Gasteiger partial charge in [0.15, 0.2) is 6.10 Å². The van der Waals surface area contributed by atoms with Crippen molar-refractivity contribution in [3.05, 3.63) is 36.5 Å². The highest BCUT2D eigenvalue weighted by molar-refractivity contribution is 7.47. The van der Waals surface area contributed by atoms with Crippen molar-refractivity contribution in [2.75, 3.05) is 26.4 Å². The molecule has 0 aliphatic rings. The number of rotatable bonds is 44. The first-order valence-electron chi connectivity index (χ1n) is 23.4. The van der Waals surface area contributed by atoms with Crippen molar-refractivity contribution in [1.82, 2.24) is 0 Å². The van der Waals surface area contributed by atoms with E-state index in [-0.39, 0.29) is 19.4 Å². The summed E-state index contributed by atoms with van der Waals surface area (Å²) in [6.45, 7) is 2.36. The third-order valence-electron chi connectivity index (χ3n) is 10.0. The van der Waals surface area contributed by atoms with E-state index in [1.165, 1.54) is 109 Å². The van der Waals surface area contributed by atoms with Crippen LogP contribution in [0.15, 0.2) is 36.5 Å². The van der Waals surface area contributed by atoms with Gasteiger partial charge in [0.1, 0.15) is 12.7 Å². The molecule has 0 rings (SSSR count). The molecule has 0 fully saturated rings. The standard InChI is InChI=1S/C47H87O10P/c1-3-5-7-9-11-13-15-17-19-21-22-23-25-27-29-31-33-35-37-39-47(51)57-45(43-56-58(52,53)55-41-44(49)40-48)42-54-46(50)38-36-34-32-30-28-26-24-20-18-16-14-12-10-8-6-4-2/h11,13,17,19-20,24,44-45,48-49H,3-10,12,14-16,18,21-23,25-43H2,1-2H3,(H,52,53)/b13-11-,19-17-,24-20-. The van der Waals surface area contributed by atoms with E-state index in [1.54, 1.807) is 0 Å². The lowest BCUT2D eigenvalue weighted by Gasteiger charge is -2.20. The molecule has 3 atom stereocenters. The highest BCUT2D eigenvalue weighted by Crippen LogP contribution is 2.43. The number of esters is 2. The Labute approximate surface area is 354 Å². The Balaban J connectivity index is 4.25. The van der Waals surface area contributed by atoms with Gasteiger partial charge in [0.25, 0.3) is 0 Å². The van der Waals surface area contributed by atoms with Crippen LogP contribution in [0.5, 0.6) is 0 Å². The second-order valence-electron chi connectivity index (χ2n) is 15.8. The molecule has 0 amide bonds. The summed E-state index contributed by atoms with van der Waals surface area (Å²) in [6.07, 6.45) is 45.3. The number of allylic oxidation sites excluding steroid dienone is 6. The van der Waals surface area contributed by atoms with Crippen LogP contribution in [0.2, 0.25) is 0 Å². The molecule has 0 saturated heterocycles. The summed E-state index contributed by atoms with van der Waals surface area (Å²) in [7, 11) is -4.62. The third-order valence-corrected chi connectivity index (χ3v) is 11.0. The van der Waals surface area contributed by atoms with Crippen molar-refractivity contribution in [1.29, 1.82) is 0 Å². The number of hydrogen-bond donors (Lipinski definition) is 3. The number of aliphatic hydroxyl groups is 2. The van der Waals surface area contributed by atoms with Crippen LogP contribution in [-0.4, -0.2) is 65.7 Å². The molecule has 340 valence electrons. The number of ether oxygens (including phenoxy) is 2. The highest BCUT2D eigenvalue weighted by Gasteiger charge is 2.27. The Morgan fingerprint density at radius 1 is 0.517 bits per heavy atom. The van der Waals surface area contributed by atoms with Crippen LogP contribution in [0.1, 0.15) is 213 Å². The molecule has 58 heavy (non-hydrogen) atoms. The van der Waals surface area contributed by atoms with Gasteiger partial charge in [0.05, 0.1) is 19.8 Å². The molecular weight excluding hydrogens is 755 g/mol. The summed E-state index contributed by atoms with van der Waals surface area (Å²) in [5, 5.41) is 18.4. The fraction of sp³-hybridized carbons (Fsp3) is 0.830. The predicted octanol–water partition coefficient (Wildman–Crippen LogP) is 12.7. The van der Waals surface area contributed by atoms with Crippen molar-refractivity contribution >= 4 is 19.8 Å². The number of phosphoric acid groups is 1. The van der Waals surface area contributed by atoms with E-state index < -0.39 is 51.8 Å². The Morgan fingerprint density at radius 3 is 1.38 bits per heavy atom. The maximum Gasteiger partial charge on any atom is 0.472 e. The Hall–Kier alpha value is -1.81. The predicted molar refractivity (Wildman–Crippen MR) is 238 cm³/mol. The second-order valence-corrected chi connectivity index (χ2v) is 17.2. The fourth-order valence-electron chi connectivity index (χ4n) is 6.37. The highest BCUT2D eigenvalue weighted by atomic mass is 31.2. The zero-order chi connectivity index (χ0) is 42.6. The zero-order valence-corrected chi connectivity index (χ0v) is 37.9. The Bertz CT molecular complexity index is 1060. The molecule has 0 saturated carbocycles. The fourth-order valence-corrected chi connectivity index (χ4v) is 7.16. The van der Waals surface area contributed by atoms with E-state index in [1.807, 2.05) is 0 Å². The van der Waals surface area contributed by atoms with Gasteiger partial charge in [0.2, 0.25) is 0 Å². The van der Waals surface area contributed by atoms with Crippen LogP contribution in [0, 0.1) is 0 Å². The summed E-state index contributed by atoms with van der Waals surface area (Å²) in [5.74, 6) is -0.934. The van der Waals surface area contributed by atoms with E-state index >= 15 is 0 Å². The van der Waals surface area contributed by atoms with Gasteiger partial charge in [-0.25, -0.2) is 4.57 Å². The van der Waals surface area contributed by atoms with Gasteiger partial charge in [-0.2, -0.15) is 0 Å². The first kappa shape index (κ1) is 56.2. The monoisotopic (exact) mass is 843 g/mol. The van der Waals surface area contributed by atoms with Crippen molar-refractivity contribution < 1.29 is 47.8 Å². The lowest BCUT2D eigenvalue weighted by molar-refractivity contribution is -0.161. The third kappa shape index (κ3) is 42.3. The van der Waals surface area contributed by atoms with E-state index in [0.717, 1.165) is 64.2 Å². The molecule has 0 aromatic carbocycles. The van der Waals surface area contributed by atoms with Gasteiger partial charge in [-0.1, -0.05) is 166 Å². The quantitative estimate of drug-likeness (QED) is 0.0234. The molecule has 0 aromatic rings. The topological polar surface area (TPSA) is 149 Å². The van der Waals surface area contributed by atoms with E-state index in [4.69, 9.17) is 23.6 Å². The number of aliphatic hydroxyl groups excluding tert-OH is 2. The molecule has 0 spiro atoms. The Kier molecular flexibility index (Phi) is 41.9. The van der Waals surface area contributed by atoms with Gasteiger partial charge in [-0.15, -0.1) is 0 Å². The van der Waals surface area contributed by atoms with Crippen molar-refractivity contribution in [3.63, 3.8) is 0 Å². The maximum absolute atomic E-state index is 12.6. The number of carbonyl (C=O) groups is 2. The lowest BCUT2D eigenvalue weighted by Crippen LogP contribution is -2.29. The van der Waals surface area contributed by atoms with Gasteiger partial charge >= 0.3 is 19.8 Å². The van der Waals surface area contributed by atoms with Gasteiger partial charge < -0.3 is 24.6 Å². The normalized spacial score (nSPS) is 14.1. The molecule has 0 radical (unpaired) electrons. The summed E-state index contributed by atoms with van der Waals surface area (Å²) in [6, 6.07) is 0. The Morgan fingerprint density at radius 2 is 0.897 bits per heavy atom. The van der Waals surface area contributed by atoms with E-state index in [2.05, 4.69) is 50.3 Å². The van der Waals surface area contributed by atoms with Crippen molar-refractivity contribution in [2.45, 2.75) is 225 Å². The van der Waals surface area contributed by atoms with Gasteiger partial charge in [0, 0.05) is 12.8 Å². The van der Waals surface area contributed by atoms with Crippen LogP contribution >= 0.6 is 7.82 Å². The summed E-state index contributed by atoms with van der Waals surface area (Å²) in [5.41, 5.74) is 0. The minimum atomic E-state index is -4.62. The SMILES string of the molecule is CCCCC/C=C\C/C=C\CCCCCCCCCCCC(=O)OC(COC(=O)CCCCCCC/C=C\CCCCCCCCC)COP(=O)(O)OCC(O)CO. The smallest absolute Gasteiger partial charge is 0.462 e. The number of carbonyl (C=O) groups excluding carboxylic acids is 2. The van der Waals surface area contributed by atoms with E-state index in [9.17, 15) is 24.2 Å². The summed E-state index contributed by atoms with van der Waals surface area (Å²) < 4.78 is 32.8. The molecule has 0 aliphatic carbocycles. The van der Waals surface area contributed by atoms with Crippen LogP contribution in [0.25, 0.3) is 0 Å². The van der Waals surface area contributed by atoms with Crippen LogP contribution < -0.4 is 0 Å². The zero-order valence-electron chi connectivity index (χ0n) is 37.0. The van der Waals surface area contributed by atoms with Gasteiger partial charge in [-0.3, -0.25) is 18.6 Å². The minimum Gasteiger partial charge on any atom is -0.462 e. The maximum atomic E-state index is 12.6. The number of hydrogen-bond acceptors (Lipinski definition) is 9. The molecule has 10 nitrogen and oxygen atoms in total. The summed E-state index contributed by atoms with van der Waals surface area (Å²) in [4.78, 5) is 35.1. The molecule has 0 heterocycles. The first-order valence-corrected chi connectivity index (χ1v) is 24.9. The summed E-state index contributed by atoms with van der Waals surface area (Å²) >= 11 is 0. The lowest BCUT2D eigenvalue weighted by atomic mass is 10.1. The average molecular weight is 843 g/mol. The second kappa shape index (κ2) is 43.3. The first-order chi connectivity index (χ1) is 28.2. The molecular formula is C47H87O10P. The van der Waals surface area contributed by atoms with Crippen LogP contribution in [0.3, 0.4) is 0 Å². The van der Waals surface area contributed by atoms with Crippen molar-refractivity contribution in [2.24, 2.45) is 0 Å². The number of unbranched alkanes of at least 4 members (excludes halogenated alkanes) is 24. The molecule has 0 aliphatic heterocycles. The van der Waals surface area contributed by atoms with Gasteiger partial charge in [-0.05, 0) is 70.6 Å². The van der Waals surface area contributed by atoms with E-state index in [0.29, 0.717) is 12.8 Å². The molecule has 3 N–H and O–H groups in total.